The number of para-hydroxylation sites is 1. The molecule has 0 bridgehead atoms. The van der Waals surface area contributed by atoms with Crippen LogP contribution in [0.2, 0.25) is 0 Å². The molecule has 4 rings (SSSR count). The molecular weight excluding hydrogens is 340 g/mol. The third-order valence-corrected chi connectivity index (χ3v) is 6.03. The second-order valence-corrected chi connectivity index (χ2v) is 8.34. The highest BCUT2D eigenvalue weighted by Gasteiger charge is 2.36. The first-order valence-corrected chi connectivity index (χ1v) is 10.0. The summed E-state index contributed by atoms with van der Waals surface area (Å²) >= 11 is 0. The highest BCUT2D eigenvalue weighted by atomic mass is 16.5. The molecule has 3 aliphatic rings. The van der Waals surface area contributed by atoms with Crippen molar-refractivity contribution in [3.8, 4) is 0 Å². The average Bonchev–Trinajstić information content (AvgIpc) is 3.23. The largest absolute Gasteiger partial charge is 0.380 e. The fraction of sp³-hybridized carbons (Fsp3) is 0.619. The van der Waals surface area contributed by atoms with Gasteiger partial charge in [-0.1, -0.05) is 25.1 Å². The van der Waals surface area contributed by atoms with E-state index in [1.807, 2.05) is 11.9 Å². The van der Waals surface area contributed by atoms with Crippen LogP contribution in [0.3, 0.4) is 0 Å². The summed E-state index contributed by atoms with van der Waals surface area (Å²) in [6, 6.07) is 8.60. The Morgan fingerprint density at radius 1 is 1.37 bits per heavy atom. The number of benzene rings is 1. The molecule has 0 spiro atoms. The van der Waals surface area contributed by atoms with Gasteiger partial charge in [0.05, 0.1) is 13.2 Å². The number of guanidine groups is 1. The third kappa shape index (κ3) is 3.68. The molecule has 2 fully saturated rings. The predicted molar refractivity (Wildman–Crippen MR) is 107 cm³/mol. The molecule has 146 valence electrons. The molecule has 0 saturated carbocycles. The van der Waals surface area contributed by atoms with Gasteiger partial charge in [-0.25, -0.2) is 0 Å². The van der Waals surface area contributed by atoms with Crippen LogP contribution in [-0.2, 0) is 9.53 Å². The molecule has 6 nitrogen and oxygen atoms in total. The van der Waals surface area contributed by atoms with Crippen molar-refractivity contribution in [1.82, 2.24) is 10.2 Å². The van der Waals surface area contributed by atoms with E-state index in [-0.39, 0.29) is 5.41 Å². The van der Waals surface area contributed by atoms with Gasteiger partial charge in [-0.15, -0.1) is 0 Å². The van der Waals surface area contributed by atoms with Gasteiger partial charge in [0.15, 0.2) is 5.96 Å². The summed E-state index contributed by atoms with van der Waals surface area (Å²) in [5.41, 5.74) is 2.80. The van der Waals surface area contributed by atoms with Gasteiger partial charge in [-0.3, -0.25) is 9.79 Å². The quantitative estimate of drug-likeness (QED) is 0.638. The smallest absolute Gasteiger partial charge is 0.222 e. The third-order valence-electron chi connectivity index (χ3n) is 6.03. The Morgan fingerprint density at radius 3 is 2.85 bits per heavy atom. The Morgan fingerprint density at radius 2 is 2.19 bits per heavy atom. The summed E-state index contributed by atoms with van der Waals surface area (Å²) in [6.07, 6.45) is 2.72. The molecule has 3 heterocycles. The lowest BCUT2D eigenvalue weighted by molar-refractivity contribution is -0.127. The Balaban J connectivity index is 1.44. The van der Waals surface area contributed by atoms with Crippen LogP contribution < -0.4 is 10.2 Å². The summed E-state index contributed by atoms with van der Waals surface area (Å²) in [5.74, 6) is 1.66. The molecule has 2 saturated heterocycles. The van der Waals surface area contributed by atoms with E-state index < -0.39 is 0 Å². The van der Waals surface area contributed by atoms with Crippen molar-refractivity contribution in [1.29, 1.82) is 0 Å². The summed E-state index contributed by atoms with van der Waals surface area (Å²) < 4.78 is 5.37. The number of rotatable bonds is 5. The summed E-state index contributed by atoms with van der Waals surface area (Å²) in [6.45, 7) is 7.40. The fourth-order valence-corrected chi connectivity index (χ4v) is 4.34. The van der Waals surface area contributed by atoms with Crippen molar-refractivity contribution in [2.45, 2.75) is 32.1 Å². The van der Waals surface area contributed by atoms with Crippen LogP contribution in [0, 0.1) is 5.41 Å². The molecule has 1 amide bonds. The highest BCUT2D eigenvalue weighted by molar-refractivity contribution is 5.98. The number of carbonyl (C=O) groups excluding carboxylic acids is 1. The number of aliphatic imine (C=N–C) groups is 1. The van der Waals surface area contributed by atoms with Gasteiger partial charge in [0, 0.05) is 56.7 Å². The first kappa shape index (κ1) is 18.3. The lowest BCUT2D eigenvalue weighted by Gasteiger charge is -2.39. The number of likely N-dealkylation sites (tertiary alicyclic amines) is 1. The van der Waals surface area contributed by atoms with Crippen LogP contribution in [0.25, 0.3) is 0 Å². The van der Waals surface area contributed by atoms with Crippen LogP contribution in [-0.4, -0.2) is 63.2 Å². The number of amides is 1. The van der Waals surface area contributed by atoms with Gasteiger partial charge >= 0.3 is 0 Å². The van der Waals surface area contributed by atoms with Gasteiger partial charge in [0.25, 0.3) is 0 Å². The molecular formula is C21H30N4O2. The maximum absolute atomic E-state index is 11.9. The first-order chi connectivity index (χ1) is 13.1. The Hall–Kier alpha value is -2.08. The number of hydrogen-bond acceptors (Lipinski definition) is 3. The summed E-state index contributed by atoms with van der Waals surface area (Å²) in [5, 5.41) is 3.55. The van der Waals surface area contributed by atoms with Crippen molar-refractivity contribution in [2.24, 2.45) is 10.4 Å². The van der Waals surface area contributed by atoms with Gasteiger partial charge < -0.3 is 19.9 Å². The second kappa shape index (κ2) is 7.50. The maximum atomic E-state index is 11.9. The monoisotopic (exact) mass is 370 g/mol. The van der Waals surface area contributed by atoms with Crippen molar-refractivity contribution in [3.63, 3.8) is 0 Å². The minimum Gasteiger partial charge on any atom is -0.380 e. The molecule has 1 aromatic carbocycles. The standard InChI is InChI=1S/C21H30N4O2/c1-21(14-27-15-21)13-23-20(22-2)25-12-16(17-6-3-4-7-18(17)25)9-11-24-10-5-8-19(24)26/h3-4,6-7,16H,5,8-15H2,1-2H3,(H,22,23). The van der Waals surface area contributed by atoms with Crippen molar-refractivity contribution < 1.29 is 9.53 Å². The molecule has 0 aromatic heterocycles. The normalized spacial score (nSPS) is 24.1. The minimum absolute atomic E-state index is 0.199. The van der Waals surface area contributed by atoms with E-state index in [4.69, 9.17) is 4.74 Å². The van der Waals surface area contributed by atoms with Crippen LogP contribution in [0.4, 0.5) is 5.69 Å². The van der Waals surface area contributed by atoms with Gasteiger partial charge in [-0.05, 0) is 24.5 Å². The lowest BCUT2D eigenvalue weighted by atomic mass is 9.89. The number of nitrogens with one attached hydrogen (secondary N) is 1. The number of hydrogen-bond donors (Lipinski definition) is 1. The Bertz CT molecular complexity index is 729. The van der Waals surface area contributed by atoms with Crippen molar-refractivity contribution >= 4 is 17.6 Å². The van der Waals surface area contributed by atoms with E-state index in [9.17, 15) is 4.79 Å². The zero-order valence-corrected chi connectivity index (χ0v) is 16.4. The van der Waals surface area contributed by atoms with E-state index in [0.29, 0.717) is 18.2 Å². The Labute approximate surface area is 161 Å². The van der Waals surface area contributed by atoms with Gasteiger partial charge in [0.1, 0.15) is 0 Å². The zero-order valence-electron chi connectivity index (χ0n) is 16.4. The topological polar surface area (TPSA) is 57.2 Å². The molecule has 27 heavy (non-hydrogen) atoms. The van der Waals surface area contributed by atoms with Crippen molar-refractivity contribution in [2.75, 3.05) is 51.3 Å². The average molecular weight is 370 g/mol. The SMILES string of the molecule is CN=C(NCC1(C)COC1)N1CC(CCN2CCCC2=O)c2ccccc21. The summed E-state index contributed by atoms with van der Waals surface area (Å²) in [7, 11) is 1.85. The molecule has 0 radical (unpaired) electrons. The van der Waals surface area contributed by atoms with Crippen LogP contribution in [0.5, 0.6) is 0 Å². The number of nitrogens with zero attached hydrogens (tertiary/aromatic N) is 3. The van der Waals surface area contributed by atoms with E-state index in [0.717, 1.165) is 58.2 Å². The van der Waals surface area contributed by atoms with Gasteiger partial charge in [0.2, 0.25) is 5.91 Å². The predicted octanol–water partition coefficient (Wildman–Crippen LogP) is 2.21. The number of anilines is 1. The van der Waals surface area contributed by atoms with Crippen molar-refractivity contribution in [3.05, 3.63) is 29.8 Å². The van der Waals surface area contributed by atoms with E-state index in [1.54, 1.807) is 0 Å². The Kier molecular flexibility index (Phi) is 5.08. The molecule has 1 atom stereocenters. The first-order valence-electron chi connectivity index (χ1n) is 10.0. The van der Waals surface area contributed by atoms with E-state index in [2.05, 4.69) is 46.4 Å². The van der Waals surface area contributed by atoms with Gasteiger partial charge in [-0.2, -0.15) is 0 Å². The fourth-order valence-electron chi connectivity index (χ4n) is 4.34. The number of ether oxygens (including phenoxy) is 1. The molecule has 1 N–H and O–H groups in total. The molecule has 1 aromatic rings. The van der Waals surface area contributed by atoms with Crippen LogP contribution in [0.15, 0.2) is 29.3 Å². The highest BCUT2D eigenvalue weighted by Crippen LogP contribution is 2.38. The molecule has 3 aliphatic heterocycles. The molecule has 1 unspecified atom stereocenters. The zero-order chi connectivity index (χ0) is 18.9. The lowest BCUT2D eigenvalue weighted by Crippen LogP contribution is -2.51. The van der Waals surface area contributed by atoms with E-state index >= 15 is 0 Å². The summed E-state index contributed by atoms with van der Waals surface area (Å²) in [4.78, 5) is 20.8. The van der Waals surface area contributed by atoms with Crippen LogP contribution >= 0.6 is 0 Å². The molecule has 6 heteroatoms. The molecule has 0 aliphatic carbocycles. The minimum atomic E-state index is 0.199. The van der Waals surface area contributed by atoms with Crippen LogP contribution in [0.1, 0.15) is 37.7 Å². The number of fused-ring (bicyclic) bond motifs is 1. The maximum Gasteiger partial charge on any atom is 0.222 e. The number of carbonyl (C=O) groups is 1. The second-order valence-electron chi connectivity index (χ2n) is 8.34. The van der Waals surface area contributed by atoms with E-state index in [1.165, 1.54) is 11.3 Å².